The molecule has 19 heavy (non-hydrogen) atoms. The molecule has 0 spiro atoms. The van der Waals surface area contributed by atoms with Crippen molar-refractivity contribution in [2.75, 3.05) is 19.6 Å². The van der Waals surface area contributed by atoms with E-state index in [-0.39, 0.29) is 5.91 Å². The fraction of sp³-hybridized carbons (Fsp3) is 0.562. The van der Waals surface area contributed by atoms with Crippen molar-refractivity contribution in [1.29, 1.82) is 0 Å². The molecule has 1 atom stereocenters. The van der Waals surface area contributed by atoms with Crippen LogP contribution in [-0.4, -0.2) is 30.4 Å². The maximum atomic E-state index is 12.4. The van der Waals surface area contributed by atoms with E-state index in [4.69, 9.17) is 5.73 Å². The lowest BCUT2D eigenvalue weighted by molar-refractivity contribution is 0.0784. The average Bonchev–Trinajstić information content (AvgIpc) is 2.89. The average molecular weight is 260 g/mol. The van der Waals surface area contributed by atoms with Gasteiger partial charge in [-0.05, 0) is 48.9 Å². The van der Waals surface area contributed by atoms with Crippen LogP contribution < -0.4 is 5.73 Å². The summed E-state index contributed by atoms with van der Waals surface area (Å²) in [5.74, 6) is 1.48. The maximum absolute atomic E-state index is 12.4. The molecule has 0 aliphatic carbocycles. The third-order valence-corrected chi connectivity index (χ3v) is 4.09. The Morgan fingerprint density at radius 1 is 1.37 bits per heavy atom. The van der Waals surface area contributed by atoms with Gasteiger partial charge in [-0.1, -0.05) is 26.0 Å². The Kier molecular flexibility index (Phi) is 4.59. The lowest BCUT2D eigenvalue weighted by Crippen LogP contribution is -2.29. The van der Waals surface area contributed by atoms with Crippen molar-refractivity contribution in [3.63, 3.8) is 0 Å². The molecule has 104 valence electrons. The number of hydrogen-bond acceptors (Lipinski definition) is 2. The van der Waals surface area contributed by atoms with E-state index in [1.807, 2.05) is 29.2 Å². The highest BCUT2D eigenvalue weighted by Gasteiger charge is 2.28. The third-order valence-electron chi connectivity index (χ3n) is 4.09. The number of nitrogens with two attached hydrogens (primary N) is 1. The fourth-order valence-corrected chi connectivity index (χ4v) is 2.68. The molecule has 1 amide bonds. The van der Waals surface area contributed by atoms with Crippen molar-refractivity contribution in [3.05, 3.63) is 35.4 Å². The molecule has 1 saturated heterocycles. The molecular weight excluding hydrogens is 236 g/mol. The molecule has 0 aromatic heterocycles. The SMILES string of the molecule is CC(C)C1CCN(C(=O)c2ccc(CCN)cc2)C1. The van der Waals surface area contributed by atoms with Crippen LogP contribution in [0.25, 0.3) is 0 Å². The highest BCUT2D eigenvalue weighted by molar-refractivity contribution is 5.94. The zero-order valence-corrected chi connectivity index (χ0v) is 11.9. The van der Waals surface area contributed by atoms with Crippen LogP contribution >= 0.6 is 0 Å². The van der Waals surface area contributed by atoms with Crippen molar-refractivity contribution in [2.45, 2.75) is 26.7 Å². The first-order chi connectivity index (χ1) is 9.11. The van der Waals surface area contributed by atoms with Gasteiger partial charge < -0.3 is 10.6 Å². The van der Waals surface area contributed by atoms with Crippen molar-refractivity contribution in [3.8, 4) is 0 Å². The van der Waals surface area contributed by atoms with Crippen LogP contribution in [0.15, 0.2) is 24.3 Å². The summed E-state index contributed by atoms with van der Waals surface area (Å²) in [6.07, 6.45) is 2.00. The monoisotopic (exact) mass is 260 g/mol. The molecule has 0 bridgehead atoms. The lowest BCUT2D eigenvalue weighted by atomic mass is 9.95. The molecule has 0 radical (unpaired) electrons. The standard InChI is InChI=1S/C16H24N2O/c1-12(2)15-8-10-18(11-15)16(19)14-5-3-13(4-6-14)7-9-17/h3-6,12,15H,7-11,17H2,1-2H3. The normalized spacial score (nSPS) is 19.2. The van der Waals surface area contributed by atoms with Crippen LogP contribution in [0.2, 0.25) is 0 Å². The zero-order chi connectivity index (χ0) is 13.8. The first-order valence-corrected chi connectivity index (χ1v) is 7.20. The van der Waals surface area contributed by atoms with Gasteiger partial charge in [0.2, 0.25) is 0 Å². The van der Waals surface area contributed by atoms with E-state index >= 15 is 0 Å². The lowest BCUT2D eigenvalue weighted by Gasteiger charge is -2.18. The molecule has 1 unspecified atom stereocenters. The van der Waals surface area contributed by atoms with Crippen LogP contribution in [0.4, 0.5) is 0 Å². The molecule has 1 fully saturated rings. The molecule has 1 heterocycles. The van der Waals surface area contributed by atoms with Gasteiger partial charge in [0.05, 0.1) is 0 Å². The van der Waals surface area contributed by atoms with E-state index in [1.165, 1.54) is 5.56 Å². The van der Waals surface area contributed by atoms with E-state index in [0.29, 0.717) is 18.4 Å². The van der Waals surface area contributed by atoms with E-state index < -0.39 is 0 Å². The molecule has 1 aromatic rings. The molecule has 1 aliphatic rings. The number of carbonyl (C=O) groups excluding carboxylic acids is 1. The van der Waals surface area contributed by atoms with Gasteiger partial charge in [-0.2, -0.15) is 0 Å². The number of carbonyl (C=O) groups is 1. The van der Waals surface area contributed by atoms with Crippen molar-refractivity contribution >= 4 is 5.91 Å². The molecule has 0 saturated carbocycles. The van der Waals surface area contributed by atoms with Crippen LogP contribution in [0, 0.1) is 11.8 Å². The maximum Gasteiger partial charge on any atom is 0.253 e. The van der Waals surface area contributed by atoms with Gasteiger partial charge in [0, 0.05) is 18.7 Å². The van der Waals surface area contributed by atoms with E-state index in [2.05, 4.69) is 13.8 Å². The Hall–Kier alpha value is -1.35. The number of rotatable bonds is 4. The number of likely N-dealkylation sites (tertiary alicyclic amines) is 1. The first-order valence-electron chi connectivity index (χ1n) is 7.20. The quantitative estimate of drug-likeness (QED) is 0.903. The summed E-state index contributed by atoms with van der Waals surface area (Å²) in [5, 5.41) is 0. The van der Waals surface area contributed by atoms with E-state index in [1.54, 1.807) is 0 Å². The van der Waals surface area contributed by atoms with Gasteiger partial charge in [0.1, 0.15) is 0 Å². The predicted octanol–water partition coefficient (Wildman–Crippen LogP) is 2.31. The molecule has 3 heteroatoms. The van der Waals surface area contributed by atoms with Crippen molar-refractivity contribution in [1.82, 2.24) is 4.90 Å². The summed E-state index contributed by atoms with van der Waals surface area (Å²) in [4.78, 5) is 14.4. The first kappa shape index (κ1) is 14.1. The highest BCUT2D eigenvalue weighted by atomic mass is 16.2. The smallest absolute Gasteiger partial charge is 0.253 e. The zero-order valence-electron chi connectivity index (χ0n) is 11.9. The Balaban J connectivity index is 2.00. The summed E-state index contributed by atoms with van der Waals surface area (Å²) < 4.78 is 0. The molecule has 3 nitrogen and oxygen atoms in total. The van der Waals surface area contributed by atoms with Gasteiger partial charge >= 0.3 is 0 Å². The predicted molar refractivity (Wildman–Crippen MR) is 78.0 cm³/mol. The van der Waals surface area contributed by atoms with Gasteiger partial charge in [-0.3, -0.25) is 4.79 Å². The van der Waals surface area contributed by atoms with Gasteiger partial charge in [-0.15, -0.1) is 0 Å². The largest absolute Gasteiger partial charge is 0.338 e. The minimum atomic E-state index is 0.169. The third kappa shape index (κ3) is 3.35. The Morgan fingerprint density at radius 3 is 2.58 bits per heavy atom. The Labute approximate surface area is 115 Å². The second kappa shape index (κ2) is 6.20. The molecule has 1 aliphatic heterocycles. The molecule has 2 N–H and O–H groups in total. The second-order valence-corrected chi connectivity index (χ2v) is 5.78. The number of benzene rings is 1. The summed E-state index contributed by atoms with van der Waals surface area (Å²) in [6.45, 7) is 6.92. The number of nitrogens with zero attached hydrogens (tertiary/aromatic N) is 1. The van der Waals surface area contributed by atoms with E-state index in [0.717, 1.165) is 31.5 Å². The summed E-state index contributed by atoms with van der Waals surface area (Å²) in [7, 11) is 0. The van der Waals surface area contributed by atoms with Crippen molar-refractivity contribution < 1.29 is 4.79 Å². The van der Waals surface area contributed by atoms with Gasteiger partial charge in [0.25, 0.3) is 5.91 Å². The van der Waals surface area contributed by atoms with Crippen LogP contribution in [0.1, 0.15) is 36.2 Å². The summed E-state index contributed by atoms with van der Waals surface area (Å²) >= 11 is 0. The second-order valence-electron chi connectivity index (χ2n) is 5.78. The van der Waals surface area contributed by atoms with Crippen LogP contribution in [0.3, 0.4) is 0 Å². The Morgan fingerprint density at radius 2 is 2.05 bits per heavy atom. The summed E-state index contributed by atoms with van der Waals surface area (Å²) in [5.41, 5.74) is 7.52. The molecule has 1 aromatic carbocycles. The van der Waals surface area contributed by atoms with Gasteiger partial charge in [-0.25, -0.2) is 0 Å². The fourth-order valence-electron chi connectivity index (χ4n) is 2.68. The van der Waals surface area contributed by atoms with Crippen molar-refractivity contribution in [2.24, 2.45) is 17.6 Å². The number of amides is 1. The minimum Gasteiger partial charge on any atom is -0.338 e. The Bertz CT molecular complexity index is 425. The van der Waals surface area contributed by atoms with Crippen LogP contribution in [0.5, 0.6) is 0 Å². The van der Waals surface area contributed by atoms with E-state index in [9.17, 15) is 4.79 Å². The summed E-state index contributed by atoms with van der Waals surface area (Å²) in [6, 6.07) is 7.87. The molecular formula is C16H24N2O. The number of hydrogen-bond donors (Lipinski definition) is 1. The topological polar surface area (TPSA) is 46.3 Å². The molecule has 2 rings (SSSR count). The van der Waals surface area contributed by atoms with Gasteiger partial charge in [0.15, 0.2) is 0 Å². The van der Waals surface area contributed by atoms with Crippen LogP contribution in [-0.2, 0) is 6.42 Å². The minimum absolute atomic E-state index is 0.169. The highest BCUT2D eigenvalue weighted by Crippen LogP contribution is 2.24.